The molecule has 9 heteroatoms. The molecule has 130 valence electrons. The number of carbonyl (C=O) groups is 4. The predicted octanol–water partition coefficient (Wildman–Crippen LogP) is 0.0894. The van der Waals surface area contributed by atoms with E-state index < -0.39 is 54.6 Å². The lowest BCUT2D eigenvalue weighted by Gasteiger charge is -2.42. The van der Waals surface area contributed by atoms with Gasteiger partial charge in [-0.05, 0) is 6.92 Å². The van der Waals surface area contributed by atoms with Crippen LogP contribution in [0.1, 0.15) is 34.6 Å². The van der Waals surface area contributed by atoms with Gasteiger partial charge in [-0.15, -0.1) is 0 Å². The highest BCUT2D eigenvalue weighted by molar-refractivity contribution is 5.69. The summed E-state index contributed by atoms with van der Waals surface area (Å²) in [5.74, 6) is -2.69. The van der Waals surface area contributed by atoms with Crippen LogP contribution in [0.5, 0.6) is 0 Å². The van der Waals surface area contributed by atoms with E-state index in [-0.39, 0.29) is 0 Å². The molecule has 0 aromatic rings. The van der Waals surface area contributed by atoms with Crippen LogP contribution in [0.2, 0.25) is 0 Å². The number of ether oxygens (including phenoxy) is 5. The summed E-state index contributed by atoms with van der Waals surface area (Å²) in [5.41, 5.74) is 0. The van der Waals surface area contributed by atoms with E-state index in [1.54, 1.807) is 6.92 Å². The van der Waals surface area contributed by atoms with Crippen LogP contribution in [0.25, 0.3) is 0 Å². The largest absolute Gasteiger partial charge is 0.456 e. The fourth-order valence-corrected chi connectivity index (χ4v) is 2.23. The second kappa shape index (κ2) is 7.91. The average Bonchev–Trinajstić information content (AvgIpc) is 2.36. The highest BCUT2D eigenvalue weighted by Gasteiger charge is 2.51. The van der Waals surface area contributed by atoms with Gasteiger partial charge in [0, 0.05) is 27.7 Å². The van der Waals surface area contributed by atoms with E-state index in [1.165, 1.54) is 6.92 Å². The normalized spacial score (nSPS) is 30.0. The van der Waals surface area contributed by atoms with E-state index in [4.69, 9.17) is 23.7 Å². The Hall–Kier alpha value is -2.16. The minimum absolute atomic E-state index is 0.630. The van der Waals surface area contributed by atoms with Gasteiger partial charge < -0.3 is 23.7 Å². The van der Waals surface area contributed by atoms with Crippen molar-refractivity contribution in [1.82, 2.24) is 0 Å². The molecule has 0 spiro atoms. The molecule has 0 N–H and O–H groups in total. The van der Waals surface area contributed by atoms with Crippen LogP contribution in [-0.2, 0) is 42.9 Å². The maximum Gasteiger partial charge on any atom is 0.305 e. The Morgan fingerprint density at radius 3 is 1.48 bits per heavy atom. The Balaban J connectivity index is 3.15. The van der Waals surface area contributed by atoms with Crippen molar-refractivity contribution >= 4 is 23.9 Å². The highest BCUT2D eigenvalue weighted by atomic mass is 16.7. The molecule has 1 unspecified atom stereocenters. The molecule has 0 bridgehead atoms. The lowest BCUT2D eigenvalue weighted by Crippen LogP contribution is -2.61. The summed E-state index contributed by atoms with van der Waals surface area (Å²) < 4.78 is 25.7. The van der Waals surface area contributed by atoms with Gasteiger partial charge in [-0.3, -0.25) is 19.2 Å². The van der Waals surface area contributed by atoms with E-state index in [1.807, 2.05) is 0 Å². The Bertz CT molecular complexity index is 487. The van der Waals surface area contributed by atoms with Crippen molar-refractivity contribution < 1.29 is 42.9 Å². The topological polar surface area (TPSA) is 114 Å². The van der Waals surface area contributed by atoms with Crippen molar-refractivity contribution in [2.24, 2.45) is 0 Å². The number of esters is 4. The fourth-order valence-electron chi connectivity index (χ4n) is 2.23. The Kier molecular flexibility index (Phi) is 6.49. The third-order valence-corrected chi connectivity index (χ3v) is 2.92. The summed E-state index contributed by atoms with van der Waals surface area (Å²) in [5, 5.41) is 0. The fraction of sp³-hybridized carbons (Fsp3) is 0.714. The zero-order chi connectivity index (χ0) is 17.7. The quantitative estimate of drug-likeness (QED) is 0.521. The van der Waals surface area contributed by atoms with Crippen LogP contribution < -0.4 is 0 Å². The van der Waals surface area contributed by atoms with Crippen molar-refractivity contribution in [3.8, 4) is 0 Å². The standard InChI is InChI=1S/C14H20O9/c1-6-11(20-7(2)15)12(21-8(3)16)13(22-9(4)17)14(19-6)23-10(5)18/h6,11-14H,1-5H3/t6-,11+,12-,13+,14?/m0/s1. The van der Waals surface area contributed by atoms with Gasteiger partial charge in [-0.2, -0.15) is 0 Å². The summed E-state index contributed by atoms with van der Waals surface area (Å²) in [6, 6.07) is 0. The maximum atomic E-state index is 11.4. The van der Waals surface area contributed by atoms with Crippen LogP contribution >= 0.6 is 0 Å². The summed E-state index contributed by atoms with van der Waals surface area (Å²) >= 11 is 0. The van der Waals surface area contributed by atoms with Crippen molar-refractivity contribution in [2.45, 2.75) is 65.3 Å². The van der Waals surface area contributed by atoms with Crippen molar-refractivity contribution in [1.29, 1.82) is 0 Å². The summed E-state index contributed by atoms with van der Waals surface area (Å²) in [7, 11) is 0. The molecule has 0 aromatic heterocycles. The molecule has 23 heavy (non-hydrogen) atoms. The van der Waals surface area contributed by atoms with E-state index in [9.17, 15) is 19.2 Å². The van der Waals surface area contributed by atoms with Gasteiger partial charge in [0.05, 0.1) is 6.10 Å². The van der Waals surface area contributed by atoms with Crippen LogP contribution in [0, 0.1) is 0 Å². The second-order valence-electron chi connectivity index (χ2n) is 5.04. The molecular weight excluding hydrogens is 312 g/mol. The van der Waals surface area contributed by atoms with E-state index >= 15 is 0 Å². The molecule has 0 saturated carbocycles. The molecular formula is C14H20O9. The summed E-state index contributed by atoms with van der Waals surface area (Å²) in [4.78, 5) is 45.1. The van der Waals surface area contributed by atoms with Crippen LogP contribution in [0.3, 0.4) is 0 Å². The number of hydrogen-bond donors (Lipinski definition) is 0. The third kappa shape index (κ3) is 5.51. The SMILES string of the molecule is CC(=O)OC1O[C@@H](C)[C@@H](OC(C)=O)[C@H](OC(C)=O)[C@H]1OC(C)=O. The van der Waals surface area contributed by atoms with E-state index in [0.29, 0.717) is 0 Å². The molecule has 1 aliphatic heterocycles. The molecule has 5 atom stereocenters. The number of hydrogen-bond acceptors (Lipinski definition) is 9. The number of carbonyl (C=O) groups excluding carboxylic acids is 4. The molecule has 1 aliphatic rings. The predicted molar refractivity (Wildman–Crippen MR) is 72.8 cm³/mol. The Morgan fingerprint density at radius 2 is 1.04 bits per heavy atom. The molecule has 0 amide bonds. The van der Waals surface area contributed by atoms with Gasteiger partial charge in [-0.1, -0.05) is 0 Å². The first kappa shape index (κ1) is 18.9. The van der Waals surface area contributed by atoms with Gasteiger partial charge in [0.25, 0.3) is 0 Å². The smallest absolute Gasteiger partial charge is 0.305 e. The monoisotopic (exact) mass is 332 g/mol. The van der Waals surface area contributed by atoms with Crippen molar-refractivity contribution in [3.63, 3.8) is 0 Å². The van der Waals surface area contributed by atoms with Crippen molar-refractivity contribution in [2.75, 3.05) is 0 Å². The summed E-state index contributed by atoms with van der Waals surface area (Å²) in [6.07, 6.45) is -5.51. The van der Waals surface area contributed by atoms with Gasteiger partial charge in [0.2, 0.25) is 12.4 Å². The number of rotatable bonds is 4. The third-order valence-electron chi connectivity index (χ3n) is 2.92. The first-order valence-corrected chi connectivity index (χ1v) is 6.96. The maximum absolute atomic E-state index is 11.4. The molecule has 1 heterocycles. The molecule has 1 fully saturated rings. The average molecular weight is 332 g/mol. The molecule has 0 aliphatic carbocycles. The van der Waals surface area contributed by atoms with Gasteiger partial charge in [-0.25, -0.2) is 0 Å². The minimum atomic E-state index is -1.29. The first-order chi connectivity index (χ1) is 10.6. The minimum Gasteiger partial charge on any atom is -0.456 e. The molecule has 1 saturated heterocycles. The lowest BCUT2D eigenvalue weighted by atomic mass is 9.99. The lowest BCUT2D eigenvalue weighted by molar-refractivity contribution is -0.292. The Labute approximate surface area is 133 Å². The van der Waals surface area contributed by atoms with Gasteiger partial charge in [0.1, 0.15) is 0 Å². The van der Waals surface area contributed by atoms with Gasteiger partial charge in [0.15, 0.2) is 12.2 Å². The van der Waals surface area contributed by atoms with E-state index in [0.717, 1.165) is 20.8 Å². The van der Waals surface area contributed by atoms with Crippen LogP contribution in [0.15, 0.2) is 0 Å². The van der Waals surface area contributed by atoms with Crippen LogP contribution in [0.4, 0.5) is 0 Å². The van der Waals surface area contributed by atoms with E-state index in [2.05, 4.69) is 0 Å². The van der Waals surface area contributed by atoms with Crippen molar-refractivity contribution in [3.05, 3.63) is 0 Å². The zero-order valence-corrected chi connectivity index (χ0v) is 13.6. The second-order valence-corrected chi connectivity index (χ2v) is 5.04. The first-order valence-electron chi connectivity index (χ1n) is 6.96. The molecule has 1 rings (SSSR count). The van der Waals surface area contributed by atoms with Crippen LogP contribution in [-0.4, -0.2) is 54.6 Å². The zero-order valence-electron chi connectivity index (χ0n) is 13.6. The van der Waals surface area contributed by atoms with Gasteiger partial charge >= 0.3 is 23.9 Å². The molecule has 0 aromatic carbocycles. The molecule has 9 nitrogen and oxygen atoms in total. The Morgan fingerprint density at radius 1 is 0.652 bits per heavy atom. The summed E-state index contributed by atoms with van der Waals surface area (Å²) in [6.45, 7) is 6.16. The highest BCUT2D eigenvalue weighted by Crippen LogP contribution is 2.29. The molecule has 0 radical (unpaired) electrons.